The highest BCUT2D eigenvalue weighted by atomic mass is 79.9. The van der Waals surface area contributed by atoms with Crippen LogP contribution in [0.5, 0.6) is 0 Å². The summed E-state index contributed by atoms with van der Waals surface area (Å²) < 4.78 is 2.16. The predicted molar refractivity (Wildman–Crippen MR) is 163 cm³/mol. The van der Waals surface area contributed by atoms with E-state index in [9.17, 15) is 0 Å². The minimum Gasteiger partial charge on any atom is -0.0616 e. The molecule has 0 spiro atoms. The molecule has 0 aliphatic rings. The molecule has 0 bridgehead atoms. The van der Waals surface area contributed by atoms with Gasteiger partial charge in [-0.05, 0) is 89.6 Å². The van der Waals surface area contributed by atoms with E-state index < -0.39 is 0 Å². The van der Waals surface area contributed by atoms with E-state index in [0.717, 1.165) is 8.95 Å². The van der Waals surface area contributed by atoms with Gasteiger partial charge in [-0.25, -0.2) is 0 Å². The fourth-order valence-electron chi connectivity index (χ4n) is 5.64. The lowest BCUT2D eigenvalue weighted by atomic mass is 9.84. The maximum atomic E-state index is 3.78. The Bertz CT molecular complexity index is 1810. The highest BCUT2D eigenvalue weighted by Gasteiger charge is 2.19. The summed E-state index contributed by atoms with van der Waals surface area (Å²) >= 11 is 7.56. The molecule has 0 saturated heterocycles. The molecule has 0 N–H and O–H groups in total. The van der Waals surface area contributed by atoms with Gasteiger partial charge >= 0.3 is 0 Å². The molecule has 0 nitrogen and oxygen atoms in total. The molecule has 0 fully saturated rings. The van der Waals surface area contributed by atoms with Gasteiger partial charge in [0.05, 0.1) is 0 Å². The SMILES string of the molecule is Brc1ccc2c(-c3cccc4ccccc34)c3cc(Br)ccc3c(-c3cccc4ccccc34)c2c1. The summed E-state index contributed by atoms with van der Waals surface area (Å²) in [4.78, 5) is 0. The summed E-state index contributed by atoms with van der Waals surface area (Å²) in [5.74, 6) is 0. The average molecular weight is 588 g/mol. The standard InChI is InChI=1S/C34H20Br2/c35-23-16-18-30-31(19-23)33(27-13-5-9-21-7-1-3-11-25(21)27)29-17-15-24(36)20-32(29)34(30)28-14-6-10-22-8-2-4-12-26(22)28/h1-20H. The van der Waals surface area contributed by atoms with E-state index in [1.807, 2.05) is 0 Å². The summed E-state index contributed by atoms with van der Waals surface area (Å²) in [6.45, 7) is 0. The van der Waals surface area contributed by atoms with E-state index >= 15 is 0 Å². The second-order valence-corrected chi connectivity index (χ2v) is 11.0. The van der Waals surface area contributed by atoms with Crippen LogP contribution in [0.25, 0.3) is 65.3 Å². The lowest BCUT2D eigenvalue weighted by molar-refractivity contribution is 1.66. The molecule has 0 heterocycles. The third kappa shape index (κ3) is 3.40. The molecule has 0 atom stereocenters. The van der Waals surface area contributed by atoms with Gasteiger partial charge in [-0.3, -0.25) is 0 Å². The fourth-order valence-corrected chi connectivity index (χ4v) is 6.36. The summed E-state index contributed by atoms with van der Waals surface area (Å²) in [7, 11) is 0. The van der Waals surface area contributed by atoms with Gasteiger partial charge in [0.25, 0.3) is 0 Å². The van der Waals surface area contributed by atoms with Gasteiger partial charge in [-0.1, -0.05) is 129 Å². The van der Waals surface area contributed by atoms with Crippen LogP contribution < -0.4 is 0 Å². The van der Waals surface area contributed by atoms with Crippen LogP contribution in [0.15, 0.2) is 130 Å². The quantitative estimate of drug-likeness (QED) is 0.176. The number of benzene rings is 7. The average Bonchev–Trinajstić information content (AvgIpc) is 2.91. The number of fused-ring (bicyclic) bond motifs is 4. The van der Waals surface area contributed by atoms with Crippen LogP contribution in [0.4, 0.5) is 0 Å². The monoisotopic (exact) mass is 586 g/mol. The van der Waals surface area contributed by atoms with Crippen molar-refractivity contribution in [3.63, 3.8) is 0 Å². The third-order valence-corrected chi connectivity index (χ3v) is 8.15. The van der Waals surface area contributed by atoms with Crippen molar-refractivity contribution in [2.75, 3.05) is 0 Å². The van der Waals surface area contributed by atoms with Crippen molar-refractivity contribution in [2.45, 2.75) is 0 Å². The van der Waals surface area contributed by atoms with Gasteiger partial charge in [0.1, 0.15) is 0 Å². The first-order chi connectivity index (χ1) is 17.7. The van der Waals surface area contributed by atoms with E-state index in [4.69, 9.17) is 0 Å². The molecule has 0 radical (unpaired) electrons. The summed E-state index contributed by atoms with van der Waals surface area (Å²) in [6.07, 6.45) is 0. The van der Waals surface area contributed by atoms with Crippen molar-refractivity contribution in [3.05, 3.63) is 130 Å². The van der Waals surface area contributed by atoms with Crippen molar-refractivity contribution >= 4 is 74.9 Å². The zero-order valence-electron chi connectivity index (χ0n) is 19.3. The Balaban J connectivity index is 1.73. The molecule has 0 aliphatic heterocycles. The molecule has 170 valence electrons. The molecule has 36 heavy (non-hydrogen) atoms. The van der Waals surface area contributed by atoms with Crippen molar-refractivity contribution < 1.29 is 0 Å². The van der Waals surface area contributed by atoms with Gasteiger partial charge in [0, 0.05) is 8.95 Å². The van der Waals surface area contributed by atoms with Crippen LogP contribution in [0, 0.1) is 0 Å². The van der Waals surface area contributed by atoms with Gasteiger partial charge in [-0.15, -0.1) is 0 Å². The Hall–Kier alpha value is -3.46. The fraction of sp³-hybridized carbons (Fsp3) is 0. The van der Waals surface area contributed by atoms with Crippen LogP contribution >= 0.6 is 31.9 Å². The normalized spacial score (nSPS) is 11.6. The maximum absolute atomic E-state index is 3.78. The molecule has 0 aliphatic carbocycles. The smallest absolute Gasteiger partial charge is 0.0181 e. The number of rotatable bonds is 2. The Labute approximate surface area is 226 Å². The van der Waals surface area contributed by atoms with Gasteiger partial charge in [0.15, 0.2) is 0 Å². The second-order valence-electron chi connectivity index (χ2n) is 9.18. The van der Waals surface area contributed by atoms with Crippen molar-refractivity contribution in [1.29, 1.82) is 0 Å². The molecule has 0 amide bonds. The highest BCUT2D eigenvalue weighted by Crippen LogP contribution is 2.47. The van der Waals surface area contributed by atoms with Crippen LogP contribution in [0.3, 0.4) is 0 Å². The molecule has 2 heteroatoms. The molecule has 7 rings (SSSR count). The van der Waals surface area contributed by atoms with E-state index in [0.29, 0.717) is 0 Å². The van der Waals surface area contributed by atoms with E-state index in [-0.39, 0.29) is 0 Å². The van der Waals surface area contributed by atoms with E-state index in [1.54, 1.807) is 0 Å². The molecule has 7 aromatic carbocycles. The van der Waals surface area contributed by atoms with Crippen LogP contribution in [-0.4, -0.2) is 0 Å². The first-order valence-electron chi connectivity index (χ1n) is 12.0. The predicted octanol–water partition coefficient (Wildman–Crippen LogP) is 11.2. The largest absolute Gasteiger partial charge is 0.0616 e. The summed E-state index contributed by atoms with van der Waals surface area (Å²) in [5, 5.41) is 10.0. The Morgan fingerprint density at radius 1 is 0.333 bits per heavy atom. The van der Waals surface area contributed by atoms with Crippen molar-refractivity contribution in [3.8, 4) is 22.3 Å². The minimum absolute atomic E-state index is 1.08. The molecular formula is C34H20Br2. The topological polar surface area (TPSA) is 0 Å². The molecule has 0 unspecified atom stereocenters. The molecular weight excluding hydrogens is 568 g/mol. The second kappa shape index (κ2) is 8.58. The van der Waals surface area contributed by atoms with Crippen molar-refractivity contribution in [2.24, 2.45) is 0 Å². The maximum Gasteiger partial charge on any atom is 0.0181 e. The zero-order valence-corrected chi connectivity index (χ0v) is 22.5. The molecule has 0 saturated carbocycles. The minimum atomic E-state index is 1.08. The highest BCUT2D eigenvalue weighted by molar-refractivity contribution is 9.10. The molecule has 0 aromatic heterocycles. The number of hydrogen-bond donors (Lipinski definition) is 0. The van der Waals surface area contributed by atoms with E-state index in [1.165, 1.54) is 65.3 Å². The van der Waals surface area contributed by atoms with Crippen LogP contribution in [0.2, 0.25) is 0 Å². The lowest BCUT2D eigenvalue weighted by Gasteiger charge is -2.20. The van der Waals surface area contributed by atoms with E-state index in [2.05, 4.69) is 153 Å². The Morgan fingerprint density at radius 3 is 1.22 bits per heavy atom. The van der Waals surface area contributed by atoms with Crippen LogP contribution in [0.1, 0.15) is 0 Å². The first-order valence-corrected chi connectivity index (χ1v) is 13.6. The van der Waals surface area contributed by atoms with Gasteiger partial charge in [-0.2, -0.15) is 0 Å². The van der Waals surface area contributed by atoms with Gasteiger partial charge < -0.3 is 0 Å². The number of hydrogen-bond acceptors (Lipinski definition) is 0. The lowest BCUT2D eigenvalue weighted by Crippen LogP contribution is -1.93. The van der Waals surface area contributed by atoms with Gasteiger partial charge in [0.2, 0.25) is 0 Å². The Morgan fingerprint density at radius 2 is 0.750 bits per heavy atom. The molecule has 7 aromatic rings. The zero-order chi connectivity index (χ0) is 24.2. The Kier molecular flexibility index (Phi) is 5.20. The first kappa shape index (κ1) is 21.8. The number of halogens is 2. The summed E-state index contributed by atoms with van der Waals surface area (Å²) in [6, 6.07) is 44.0. The summed E-state index contributed by atoms with van der Waals surface area (Å²) in [5.41, 5.74) is 5.06. The third-order valence-electron chi connectivity index (χ3n) is 7.16. The van der Waals surface area contributed by atoms with Crippen molar-refractivity contribution in [1.82, 2.24) is 0 Å². The van der Waals surface area contributed by atoms with Crippen LogP contribution in [-0.2, 0) is 0 Å².